The minimum absolute atomic E-state index is 0.152. The number of anilines is 1. The summed E-state index contributed by atoms with van der Waals surface area (Å²) in [6, 6.07) is 3.02. The van der Waals surface area contributed by atoms with E-state index in [0.717, 1.165) is 17.7 Å². The van der Waals surface area contributed by atoms with E-state index in [4.69, 9.17) is 5.26 Å². The number of urea groups is 1. The fourth-order valence-corrected chi connectivity index (χ4v) is 3.35. The Hall–Kier alpha value is -2.40. The highest BCUT2D eigenvalue weighted by Crippen LogP contribution is 2.42. The number of nitrogens with one attached hydrogen (secondary N) is 2. The van der Waals surface area contributed by atoms with Crippen molar-refractivity contribution in [1.82, 2.24) is 10.2 Å². The molecular weight excluding hydrogens is 304 g/mol. The van der Waals surface area contributed by atoms with Crippen LogP contribution >= 0.6 is 11.3 Å². The lowest BCUT2D eigenvalue weighted by molar-refractivity contribution is -0.134. The molecule has 2 N–H and O–H groups in total. The first-order chi connectivity index (χ1) is 10.5. The molecule has 0 bridgehead atoms. The van der Waals surface area contributed by atoms with Crippen molar-refractivity contribution < 1.29 is 14.4 Å². The van der Waals surface area contributed by atoms with E-state index in [1.807, 2.05) is 6.07 Å². The van der Waals surface area contributed by atoms with E-state index in [1.165, 1.54) is 11.3 Å². The van der Waals surface area contributed by atoms with E-state index in [1.54, 1.807) is 18.4 Å². The van der Waals surface area contributed by atoms with Crippen LogP contribution in [0.2, 0.25) is 0 Å². The van der Waals surface area contributed by atoms with Gasteiger partial charge in [0.25, 0.3) is 5.91 Å². The normalized spacial score (nSPS) is 24.1. The van der Waals surface area contributed by atoms with Gasteiger partial charge in [-0.3, -0.25) is 14.5 Å². The molecule has 1 aromatic rings. The fraction of sp³-hybridized carbons (Fsp3) is 0.429. The maximum absolute atomic E-state index is 12.4. The van der Waals surface area contributed by atoms with Gasteiger partial charge in [-0.15, -0.1) is 11.3 Å². The minimum Gasteiger partial charge on any atom is -0.323 e. The second-order valence-corrected chi connectivity index (χ2v) is 6.54. The van der Waals surface area contributed by atoms with Crippen LogP contribution in [0.5, 0.6) is 0 Å². The monoisotopic (exact) mass is 318 g/mol. The zero-order chi connectivity index (χ0) is 15.9. The van der Waals surface area contributed by atoms with Crippen LogP contribution in [0.1, 0.15) is 25.3 Å². The largest absolute Gasteiger partial charge is 0.325 e. The zero-order valence-electron chi connectivity index (χ0n) is 11.9. The minimum atomic E-state index is -0.891. The number of imide groups is 1. The summed E-state index contributed by atoms with van der Waals surface area (Å²) in [5.74, 6) is -0.705. The number of rotatable bonds is 4. The Labute approximate surface area is 130 Å². The third kappa shape index (κ3) is 2.33. The van der Waals surface area contributed by atoms with Crippen molar-refractivity contribution in [3.63, 3.8) is 0 Å². The van der Waals surface area contributed by atoms with Gasteiger partial charge in [0.1, 0.15) is 23.2 Å². The van der Waals surface area contributed by atoms with Gasteiger partial charge < -0.3 is 10.6 Å². The second-order valence-electron chi connectivity index (χ2n) is 5.62. The number of nitrogens with zero attached hydrogens (tertiary/aromatic N) is 2. The first-order valence-corrected chi connectivity index (χ1v) is 7.75. The molecule has 114 valence electrons. The first kappa shape index (κ1) is 14.5. The molecule has 7 nitrogen and oxygen atoms in total. The van der Waals surface area contributed by atoms with Crippen molar-refractivity contribution >= 4 is 34.2 Å². The lowest BCUT2D eigenvalue weighted by atomic mass is 9.96. The number of carbonyl (C=O) groups excluding carboxylic acids is 3. The summed E-state index contributed by atoms with van der Waals surface area (Å²) in [6.45, 7) is 1.35. The third-order valence-electron chi connectivity index (χ3n) is 4.04. The van der Waals surface area contributed by atoms with Gasteiger partial charge in [0.2, 0.25) is 5.91 Å². The molecule has 1 aromatic heterocycles. The predicted molar refractivity (Wildman–Crippen MR) is 79.0 cm³/mol. The zero-order valence-corrected chi connectivity index (χ0v) is 12.7. The summed E-state index contributed by atoms with van der Waals surface area (Å²) in [4.78, 5) is 37.3. The highest BCUT2D eigenvalue weighted by atomic mass is 32.1. The van der Waals surface area contributed by atoms with Crippen LogP contribution in [-0.2, 0) is 9.59 Å². The lowest BCUT2D eigenvalue weighted by Gasteiger charge is -2.20. The Balaban J connectivity index is 1.68. The summed E-state index contributed by atoms with van der Waals surface area (Å²) in [7, 11) is 0. The molecule has 1 saturated heterocycles. The summed E-state index contributed by atoms with van der Waals surface area (Å²) in [5, 5.41) is 16.3. The quantitative estimate of drug-likeness (QED) is 0.816. The molecule has 0 unspecified atom stereocenters. The van der Waals surface area contributed by atoms with Crippen molar-refractivity contribution in [3.8, 4) is 6.07 Å². The molecule has 3 rings (SSSR count). The van der Waals surface area contributed by atoms with Crippen LogP contribution in [0.4, 0.5) is 9.80 Å². The highest BCUT2D eigenvalue weighted by Gasteiger charge is 2.56. The SMILES string of the molecule is C[C@]1(C2CC2)NC(=O)N(CC(=O)Nc2sccc2C#N)C1=O. The molecule has 0 aromatic carbocycles. The molecule has 2 aliphatic rings. The second kappa shape index (κ2) is 5.10. The number of hydrogen-bond donors (Lipinski definition) is 2. The molecule has 2 heterocycles. The van der Waals surface area contributed by atoms with Crippen molar-refractivity contribution in [2.24, 2.45) is 5.92 Å². The topological polar surface area (TPSA) is 102 Å². The average Bonchev–Trinajstić information content (AvgIpc) is 3.21. The molecular formula is C14H14N4O3S. The number of thiophene rings is 1. The summed E-state index contributed by atoms with van der Waals surface area (Å²) >= 11 is 1.22. The van der Waals surface area contributed by atoms with Gasteiger partial charge in [-0.2, -0.15) is 5.26 Å². The van der Waals surface area contributed by atoms with Gasteiger partial charge in [-0.05, 0) is 37.1 Å². The Morgan fingerprint density at radius 3 is 2.95 bits per heavy atom. The van der Waals surface area contributed by atoms with Crippen LogP contribution in [-0.4, -0.2) is 34.8 Å². The van der Waals surface area contributed by atoms with E-state index < -0.39 is 17.5 Å². The predicted octanol–water partition coefficient (Wildman–Crippen LogP) is 1.28. The number of hydrogen-bond acceptors (Lipinski definition) is 5. The number of nitriles is 1. The van der Waals surface area contributed by atoms with Crippen molar-refractivity contribution in [2.45, 2.75) is 25.3 Å². The Morgan fingerprint density at radius 2 is 2.32 bits per heavy atom. The maximum Gasteiger partial charge on any atom is 0.325 e. The Morgan fingerprint density at radius 1 is 1.59 bits per heavy atom. The van der Waals surface area contributed by atoms with E-state index in [-0.39, 0.29) is 18.4 Å². The fourth-order valence-electron chi connectivity index (χ4n) is 2.60. The van der Waals surface area contributed by atoms with Gasteiger partial charge >= 0.3 is 6.03 Å². The van der Waals surface area contributed by atoms with Crippen LogP contribution in [0.15, 0.2) is 11.4 Å². The molecule has 22 heavy (non-hydrogen) atoms. The number of carbonyl (C=O) groups is 3. The standard InChI is InChI=1S/C14H14N4O3S/c1-14(9-2-3-9)12(20)18(13(21)17-14)7-10(19)16-11-8(6-15)4-5-22-11/h4-5,9H,2-3,7H2,1H3,(H,16,19)(H,17,21)/t14-/m1/s1. The van der Waals surface area contributed by atoms with E-state index >= 15 is 0 Å². The smallest absolute Gasteiger partial charge is 0.323 e. The Bertz CT molecular complexity index is 703. The van der Waals surface area contributed by atoms with E-state index in [2.05, 4.69) is 10.6 Å². The van der Waals surface area contributed by atoms with Gasteiger partial charge in [0, 0.05) is 0 Å². The van der Waals surface area contributed by atoms with Crippen LogP contribution < -0.4 is 10.6 Å². The van der Waals surface area contributed by atoms with E-state index in [0.29, 0.717) is 10.6 Å². The van der Waals surface area contributed by atoms with Gasteiger partial charge in [0.15, 0.2) is 0 Å². The van der Waals surface area contributed by atoms with Crippen LogP contribution in [0.3, 0.4) is 0 Å². The molecule has 0 radical (unpaired) electrons. The molecule has 1 atom stereocenters. The summed E-state index contributed by atoms with van der Waals surface area (Å²) in [5.41, 5.74) is -0.531. The van der Waals surface area contributed by atoms with Gasteiger partial charge in [-0.1, -0.05) is 0 Å². The first-order valence-electron chi connectivity index (χ1n) is 6.87. The van der Waals surface area contributed by atoms with Crippen molar-refractivity contribution in [2.75, 3.05) is 11.9 Å². The molecule has 1 aliphatic heterocycles. The van der Waals surface area contributed by atoms with Crippen LogP contribution in [0, 0.1) is 17.2 Å². The highest BCUT2D eigenvalue weighted by molar-refractivity contribution is 7.14. The van der Waals surface area contributed by atoms with Gasteiger partial charge in [0.05, 0.1) is 5.56 Å². The van der Waals surface area contributed by atoms with Crippen LogP contribution in [0.25, 0.3) is 0 Å². The van der Waals surface area contributed by atoms with Crippen molar-refractivity contribution in [1.29, 1.82) is 5.26 Å². The molecule has 0 spiro atoms. The maximum atomic E-state index is 12.4. The molecule has 1 saturated carbocycles. The van der Waals surface area contributed by atoms with E-state index in [9.17, 15) is 14.4 Å². The molecule has 1 aliphatic carbocycles. The van der Waals surface area contributed by atoms with Gasteiger partial charge in [-0.25, -0.2) is 4.79 Å². The summed E-state index contributed by atoms with van der Waals surface area (Å²) < 4.78 is 0. The van der Waals surface area contributed by atoms with Crippen molar-refractivity contribution in [3.05, 3.63) is 17.0 Å². The molecule has 2 fully saturated rings. The number of amides is 4. The molecule has 8 heteroatoms. The third-order valence-corrected chi connectivity index (χ3v) is 4.87. The lowest BCUT2D eigenvalue weighted by Crippen LogP contribution is -2.46. The molecule has 4 amide bonds. The average molecular weight is 318 g/mol. The Kier molecular flexibility index (Phi) is 3.37. The summed E-state index contributed by atoms with van der Waals surface area (Å²) in [6.07, 6.45) is 1.81.